The summed E-state index contributed by atoms with van der Waals surface area (Å²) in [6, 6.07) is 9.33. The third-order valence-electron chi connectivity index (χ3n) is 5.27. The molecule has 0 aromatic heterocycles. The molecule has 112 valence electrons. The van der Waals surface area contributed by atoms with E-state index in [1.54, 1.807) is 21.5 Å². The van der Waals surface area contributed by atoms with Gasteiger partial charge in [0.1, 0.15) is 0 Å². The molecular formula is C20H28Si. The van der Waals surface area contributed by atoms with Crippen molar-refractivity contribution in [1.82, 2.24) is 0 Å². The summed E-state index contributed by atoms with van der Waals surface area (Å²) in [5, 5.41) is 3.50. The summed E-state index contributed by atoms with van der Waals surface area (Å²) in [5.41, 5.74) is 3.31. The van der Waals surface area contributed by atoms with Gasteiger partial charge in [0.05, 0.1) is 9.52 Å². The first-order valence-corrected chi connectivity index (χ1v) is 10.2. The maximum absolute atomic E-state index is 2.42. The van der Waals surface area contributed by atoms with Crippen LogP contribution in [-0.2, 0) is 6.42 Å². The minimum Gasteiger partial charge on any atom is -0.0806 e. The summed E-state index contributed by atoms with van der Waals surface area (Å²) in [7, 11) is -0.252. The molecule has 0 atom stereocenters. The van der Waals surface area contributed by atoms with Gasteiger partial charge in [0.2, 0.25) is 0 Å². The molecule has 0 saturated heterocycles. The fourth-order valence-electron chi connectivity index (χ4n) is 4.01. The monoisotopic (exact) mass is 296 g/mol. The number of benzene rings is 1. The summed E-state index contributed by atoms with van der Waals surface area (Å²) < 4.78 is 0. The van der Waals surface area contributed by atoms with Crippen LogP contribution in [-0.4, -0.2) is 9.52 Å². The summed E-state index contributed by atoms with van der Waals surface area (Å²) in [6.45, 7) is 2.30. The molecule has 1 fully saturated rings. The van der Waals surface area contributed by atoms with Gasteiger partial charge in [-0.1, -0.05) is 91.4 Å². The van der Waals surface area contributed by atoms with E-state index in [4.69, 9.17) is 0 Å². The zero-order chi connectivity index (χ0) is 14.5. The summed E-state index contributed by atoms with van der Waals surface area (Å²) in [5.74, 6) is 0.954. The number of hydrogen-bond donors (Lipinski definition) is 0. The molecule has 0 unspecified atom stereocenters. The van der Waals surface area contributed by atoms with Crippen LogP contribution < -0.4 is 5.19 Å². The van der Waals surface area contributed by atoms with Crippen LogP contribution in [0.4, 0.5) is 0 Å². The standard InChI is InChI=1S/C20H28Si/c1-2-17-12-8-14-19(17)21-20-13-7-6-11-18(20)15-16-9-4-3-5-10-16/h6-8,11-13,16H,2-5,9-10,14-15,21H2,1H3. The minimum atomic E-state index is -0.252. The topological polar surface area (TPSA) is 0 Å². The van der Waals surface area contributed by atoms with E-state index in [-0.39, 0.29) is 9.52 Å². The molecule has 1 aromatic carbocycles. The number of rotatable bonds is 5. The van der Waals surface area contributed by atoms with Gasteiger partial charge in [0.15, 0.2) is 0 Å². The minimum absolute atomic E-state index is 0.252. The van der Waals surface area contributed by atoms with Crippen molar-refractivity contribution in [3.63, 3.8) is 0 Å². The van der Waals surface area contributed by atoms with E-state index in [0.29, 0.717) is 0 Å². The second-order valence-electron chi connectivity index (χ2n) is 6.74. The molecule has 0 bridgehead atoms. The highest BCUT2D eigenvalue weighted by Gasteiger charge is 2.17. The van der Waals surface area contributed by atoms with Crippen LogP contribution in [0.25, 0.3) is 0 Å². The highest BCUT2D eigenvalue weighted by molar-refractivity contribution is 6.61. The van der Waals surface area contributed by atoms with Crippen molar-refractivity contribution in [2.45, 2.75) is 58.3 Å². The Morgan fingerprint density at radius 3 is 2.71 bits per heavy atom. The van der Waals surface area contributed by atoms with Gasteiger partial charge in [0, 0.05) is 0 Å². The van der Waals surface area contributed by atoms with E-state index >= 15 is 0 Å². The van der Waals surface area contributed by atoms with Crippen LogP contribution in [0.15, 0.2) is 47.2 Å². The SMILES string of the molecule is CCC1=C([SiH2]c2ccccc2CC2CCCCC2)CC=C1. The Morgan fingerprint density at radius 2 is 1.90 bits per heavy atom. The van der Waals surface area contributed by atoms with Gasteiger partial charge >= 0.3 is 0 Å². The van der Waals surface area contributed by atoms with Crippen molar-refractivity contribution in [2.24, 2.45) is 5.92 Å². The lowest BCUT2D eigenvalue weighted by Crippen LogP contribution is -2.23. The number of hydrogen-bond acceptors (Lipinski definition) is 0. The summed E-state index contributed by atoms with van der Waals surface area (Å²) in [4.78, 5) is 0. The molecule has 0 spiro atoms. The van der Waals surface area contributed by atoms with E-state index in [1.165, 1.54) is 51.4 Å². The van der Waals surface area contributed by atoms with E-state index in [2.05, 4.69) is 43.3 Å². The van der Waals surface area contributed by atoms with Gasteiger partial charge in [-0.15, -0.1) is 0 Å². The lowest BCUT2D eigenvalue weighted by Gasteiger charge is -2.23. The molecule has 3 rings (SSSR count). The lowest BCUT2D eigenvalue weighted by molar-refractivity contribution is 0.357. The summed E-state index contributed by atoms with van der Waals surface area (Å²) >= 11 is 0. The van der Waals surface area contributed by atoms with E-state index in [0.717, 1.165) is 5.92 Å². The molecular weight excluding hydrogens is 268 g/mol. The molecule has 0 aliphatic heterocycles. The third kappa shape index (κ3) is 3.77. The molecule has 21 heavy (non-hydrogen) atoms. The predicted octanol–water partition coefficient (Wildman–Crippen LogP) is 4.23. The van der Waals surface area contributed by atoms with Crippen molar-refractivity contribution in [3.8, 4) is 0 Å². The Morgan fingerprint density at radius 1 is 1.10 bits per heavy atom. The molecule has 0 radical (unpaired) electrons. The van der Waals surface area contributed by atoms with Crippen LogP contribution >= 0.6 is 0 Å². The highest BCUT2D eigenvalue weighted by atomic mass is 28.2. The maximum atomic E-state index is 2.42. The fourth-order valence-corrected chi connectivity index (χ4v) is 6.12. The molecule has 1 aromatic rings. The predicted molar refractivity (Wildman–Crippen MR) is 96.0 cm³/mol. The van der Waals surface area contributed by atoms with E-state index in [9.17, 15) is 0 Å². The Kier molecular flexibility index (Phi) is 5.13. The quantitative estimate of drug-likeness (QED) is 0.713. The van der Waals surface area contributed by atoms with Gasteiger partial charge in [-0.3, -0.25) is 0 Å². The van der Waals surface area contributed by atoms with Crippen LogP contribution in [0.1, 0.15) is 57.4 Å². The lowest BCUT2D eigenvalue weighted by atomic mass is 9.85. The van der Waals surface area contributed by atoms with Gasteiger partial charge in [0.25, 0.3) is 0 Å². The molecule has 1 saturated carbocycles. The average molecular weight is 297 g/mol. The Bertz CT molecular complexity index is 533. The third-order valence-corrected chi connectivity index (χ3v) is 7.51. The van der Waals surface area contributed by atoms with Crippen LogP contribution in [0, 0.1) is 5.92 Å². The van der Waals surface area contributed by atoms with Gasteiger partial charge < -0.3 is 0 Å². The Hall–Kier alpha value is -1.08. The van der Waals surface area contributed by atoms with Crippen LogP contribution in [0.3, 0.4) is 0 Å². The van der Waals surface area contributed by atoms with Gasteiger partial charge in [-0.25, -0.2) is 0 Å². The van der Waals surface area contributed by atoms with E-state index < -0.39 is 0 Å². The largest absolute Gasteiger partial charge is 0.0835 e. The number of allylic oxidation sites excluding steroid dienone is 4. The van der Waals surface area contributed by atoms with Crippen molar-refractivity contribution in [3.05, 3.63) is 52.8 Å². The first kappa shape index (κ1) is 14.8. The zero-order valence-electron chi connectivity index (χ0n) is 13.4. The average Bonchev–Trinajstić information content (AvgIpc) is 2.97. The summed E-state index contributed by atoms with van der Waals surface area (Å²) in [6.07, 6.45) is 15.8. The van der Waals surface area contributed by atoms with Crippen LogP contribution in [0.5, 0.6) is 0 Å². The molecule has 1 heteroatoms. The fraction of sp³-hybridized carbons (Fsp3) is 0.500. The second-order valence-corrected chi connectivity index (χ2v) is 8.71. The molecule has 2 aliphatic carbocycles. The Labute approximate surface area is 132 Å². The molecule has 0 heterocycles. The van der Waals surface area contributed by atoms with Crippen molar-refractivity contribution in [2.75, 3.05) is 0 Å². The maximum Gasteiger partial charge on any atom is 0.0835 e. The molecule has 0 nitrogen and oxygen atoms in total. The van der Waals surface area contributed by atoms with Crippen molar-refractivity contribution < 1.29 is 0 Å². The Balaban J connectivity index is 1.73. The van der Waals surface area contributed by atoms with Gasteiger partial charge in [-0.05, 0) is 30.7 Å². The zero-order valence-corrected chi connectivity index (χ0v) is 14.8. The first-order valence-electron chi connectivity index (χ1n) is 8.81. The molecule has 0 amide bonds. The first-order chi connectivity index (χ1) is 10.4. The second kappa shape index (κ2) is 7.26. The highest BCUT2D eigenvalue weighted by Crippen LogP contribution is 2.27. The molecule has 0 N–H and O–H groups in total. The smallest absolute Gasteiger partial charge is 0.0806 e. The van der Waals surface area contributed by atoms with E-state index in [1.807, 2.05) is 0 Å². The van der Waals surface area contributed by atoms with Crippen molar-refractivity contribution >= 4 is 14.7 Å². The normalized spacial score (nSPS) is 20.0. The molecule has 2 aliphatic rings. The van der Waals surface area contributed by atoms with Crippen LogP contribution in [0.2, 0.25) is 0 Å². The van der Waals surface area contributed by atoms with Gasteiger partial charge in [-0.2, -0.15) is 0 Å². The van der Waals surface area contributed by atoms with Crippen molar-refractivity contribution in [1.29, 1.82) is 0 Å².